The van der Waals surface area contributed by atoms with Crippen LogP contribution < -0.4 is 10.6 Å². The molecule has 0 aliphatic carbocycles. The second-order valence-corrected chi connectivity index (χ2v) is 6.92. The number of rotatable bonds is 4. The minimum absolute atomic E-state index is 0.315. The third-order valence-corrected chi connectivity index (χ3v) is 4.37. The highest BCUT2D eigenvalue weighted by atomic mass is 35.5. The number of carbonyl (C=O) groups excluding carboxylic acids is 2. The zero-order chi connectivity index (χ0) is 17.9. The van der Waals surface area contributed by atoms with Crippen LogP contribution in [0.5, 0.6) is 0 Å². The molecule has 7 heteroatoms. The number of amides is 2. The quantitative estimate of drug-likeness (QED) is 0.706. The number of nitrogens with one attached hydrogen (secondary N) is 2. The fourth-order valence-electron chi connectivity index (χ4n) is 1.82. The number of benzene rings is 2. The van der Waals surface area contributed by atoms with Gasteiger partial charge >= 0.3 is 0 Å². The molecule has 0 aromatic heterocycles. The molecular weight excluding hydrogens is 371 g/mol. The molecule has 0 saturated heterocycles. The van der Waals surface area contributed by atoms with Gasteiger partial charge in [0.2, 0.25) is 11.8 Å². The van der Waals surface area contributed by atoms with Gasteiger partial charge in [0.15, 0.2) is 0 Å². The number of carbonyl (C=O) groups is 2. The van der Waals surface area contributed by atoms with E-state index in [1.54, 1.807) is 36.4 Å². The predicted octanol–water partition coefficient (Wildman–Crippen LogP) is 5.25. The van der Waals surface area contributed by atoms with Crippen LogP contribution in [0.1, 0.15) is 13.8 Å². The summed E-state index contributed by atoms with van der Waals surface area (Å²) < 4.78 is 0. The molecule has 0 fully saturated rings. The summed E-state index contributed by atoms with van der Waals surface area (Å²) in [7, 11) is 0. The van der Waals surface area contributed by atoms with Crippen LogP contribution in [0, 0.1) is 5.41 Å². The minimum atomic E-state index is -1.31. The molecule has 0 bridgehead atoms. The van der Waals surface area contributed by atoms with Gasteiger partial charge in [-0.2, -0.15) is 0 Å². The summed E-state index contributed by atoms with van der Waals surface area (Å²) in [6.45, 7) is 3.06. The van der Waals surface area contributed by atoms with Crippen molar-refractivity contribution in [2.45, 2.75) is 13.8 Å². The van der Waals surface area contributed by atoms with Gasteiger partial charge in [0.05, 0.1) is 10.0 Å². The first kappa shape index (κ1) is 18.6. The molecule has 0 heterocycles. The van der Waals surface area contributed by atoms with Crippen LogP contribution >= 0.6 is 34.8 Å². The zero-order valence-electron chi connectivity index (χ0n) is 13.0. The van der Waals surface area contributed by atoms with Gasteiger partial charge in [-0.15, -0.1) is 0 Å². The van der Waals surface area contributed by atoms with Crippen LogP contribution in [0.4, 0.5) is 11.4 Å². The van der Waals surface area contributed by atoms with Gasteiger partial charge < -0.3 is 10.6 Å². The molecule has 2 aromatic carbocycles. The Labute approximate surface area is 155 Å². The summed E-state index contributed by atoms with van der Waals surface area (Å²) in [6.07, 6.45) is 0. The molecular formula is C17H15Cl3N2O2. The molecule has 4 nitrogen and oxygen atoms in total. The minimum Gasteiger partial charge on any atom is -0.325 e. The highest BCUT2D eigenvalue weighted by Crippen LogP contribution is 2.27. The van der Waals surface area contributed by atoms with E-state index in [0.29, 0.717) is 26.4 Å². The van der Waals surface area contributed by atoms with Crippen molar-refractivity contribution in [2.24, 2.45) is 5.41 Å². The molecule has 24 heavy (non-hydrogen) atoms. The number of hydrogen-bond acceptors (Lipinski definition) is 2. The Morgan fingerprint density at radius 3 is 1.96 bits per heavy atom. The van der Waals surface area contributed by atoms with Crippen LogP contribution in [-0.4, -0.2) is 11.8 Å². The standard InChI is InChI=1S/C17H15Cl3N2O2/c1-17(2,15(23)21-11-5-3-4-10(18)8-11)16(24)22-12-6-7-13(19)14(20)9-12/h3-9H,1-2H3,(H,21,23)(H,22,24). The Kier molecular flexibility index (Phi) is 5.75. The van der Waals surface area contributed by atoms with Gasteiger partial charge in [-0.25, -0.2) is 0 Å². The largest absolute Gasteiger partial charge is 0.325 e. The highest BCUT2D eigenvalue weighted by molar-refractivity contribution is 6.42. The van der Waals surface area contributed by atoms with Crippen molar-refractivity contribution in [3.05, 3.63) is 57.5 Å². The maximum atomic E-state index is 12.5. The molecule has 2 N–H and O–H groups in total. The Morgan fingerprint density at radius 1 is 0.833 bits per heavy atom. The Hall–Kier alpha value is -1.75. The van der Waals surface area contributed by atoms with Gasteiger partial charge in [-0.05, 0) is 50.2 Å². The lowest BCUT2D eigenvalue weighted by molar-refractivity contribution is -0.135. The predicted molar refractivity (Wildman–Crippen MR) is 99.0 cm³/mol. The third kappa shape index (κ3) is 4.41. The van der Waals surface area contributed by atoms with E-state index < -0.39 is 17.2 Å². The fourth-order valence-corrected chi connectivity index (χ4v) is 2.31. The third-order valence-electron chi connectivity index (χ3n) is 3.40. The summed E-state index contributed by atoms with van der Waals surface area (Å²) in [6, 6.07) is 11.4. The van der Waals surface area contributed by atoms with Crippen LogP contribution in [0.25, 0.3) is 0 Å². The molecule has 0 aliphatic heterocycles. The van der Waals surface area contributed by atoms with Gasteiger partial charge in [-0.1, -0.05) is 40.9 Å². The van der Waals surface area contributed by atoms with Crippen molar-refractivity contribution in [1.29, 1.82) is 0 Å². The first-order valence-corrected chi connectivity index (χ1v) is 8.17. The Morgan fingerprint density at radius 2 is 1.42 bits per heavy atom. The lowest BCUT2D eigenvalue weighted by Crippen LogP contribution is -2.41. The van der Waals surface area contributed by atoms with E-state index >= 15 is 0 Å². The number of anilines is 2. The molecule has 0 spiro atoms. The van der Waals surface area contributed by atoms with Crippen molar-refractivity contribution < 1.29 is 9.59 Å². The van der Waals surface area contributed by atoms with E-state index in [0.717, 1.165) is 0 Å². The Bertz CT molecular complexity index is 791. The lowest BCUT2D eigenvalue weighted by atomic mass is 9.90. The molecule has 2 rings (SSSR count). The first-order chi connectivity index (χ1) is 11.2. The summed E-state index contributed by atoms with van der Waals surface area (Å²) in [5, 5.41) is 6.53. The van der Waals surface area contributed by atoms with Crippen LogP contribution in [0.2, 0.25) is 15.1 Å². The van der Waals surface area contributed by atoms with Gasteiger partial charge in [-0.3, -0.25) is 9.59 Å². The second kappa shape index (κ2) is 7.43. The van der Waals surface area contributed by atoms with E-state index in [2.05, 4.69) is 10.6 Å². The Balaban J connectivity index is 2.11. The normalized spacial score (nSPS) is 11.0. The summed E-state index contributed by atoms with van der Waals surface area (Å²) in [4.78, 5) is 24.9. The summed E-state index contributed by atoms with van der Waals surface area (Å²) >= 11 is 17.6. The fraction of sp³-hybridized carbons (Fsp3) is 0.176. The molecule has 126 valence electrons. The molecule has 2 amide bonds. The molecule has 0 saturated carbocycles. The zero-order valence-corrected chi connectivity index (χ0v) is 15.3. The first-order valence-electron chi connectivity index (χ1n) is 7.03. The van der Waals surface area contributed by atoms with E-state index in [9.17, 15) is 9.59 Å². The summed E-state index contributed by atoms with van der Waals surface area (Å²) in [5.74, 6) is -0.928. The number of hydrogen-bond donors (Lipinski definition) is 2. The van der Waals surface area contributed by atoms with Crippen LogP contribution in [0.3, 0.4) is 0 Å². The van der Waals surface area contributed by atoms with Crippen molar-refractivity contribution in [3.63, 3.8) is 0 Å². The van der Waals surface area contributed by atoms with Crippen molar-refractivity contribution in [1.82, 2.24) is 0 Å². The molecule has 0 aliphatic rings. The topological polar surface area (TPSA) is 58.2 Å². The van der Waals surface area contributed by atoms with Crippen LogP contribution in [-0.2, 0) is 9.59 Å². The van der Waals surface area contributed by atoms with E-state index in [1.165, 1.54) is 19.9 Å². The average molecular weight is 386 g/mol. The van der Waals surface area contributed by atoms with E-state index in [4.69, 9.17) is 34.8 Å². The second-order valence-electron chi connectivity index (χ2n) is 5.67. The van der Waals surface area contributed by atoms with Gasteiger partial charge in [0.1, 0.15) is 5.41 Å². The monoisotopic (exact) mass is 384 g/mol. The van der Waals surface area contributed by atoms with Crippen molar-refractivity contribution in [3.8, 4) is 0 Å². The van der Waals surface area contributed by atoms with E-state index in [1.807, 2.05) is 0 Å². The van der Waals surface area contributed by atoms with Gasteiger partial charge in [0, 0.05) is 16.4 Å². The van der Waals surface area contributed by atoms with Crippen molar-refractivity contribution >= 4 is 58.0 Å². The maximum Gasteiger partial charge on any atom is 0.239 e. The molecule has 0 atom stereocenters. The molecule has 2 aromatic rings. The molecule has 0 radical (unpaired) electrons. The average Bonchev–Trinajstić information content (AvgIpc) is 2.50. The summed E-state index contributed by atoms with van der Waals surface area (Å²) in [5.41, 5.74) is -0.338. The van der Waals surface area contributed by atoms with Crippen molar-refractivity contribution in [2.75, 3.05) is 10.6 Å². The number of halogens is 3. The van der Waals surface area contributed by atoms with Gasteiger partial charge in [0.25, 0.3) is 0 Å². The smallest absolute Gasteiger partial charge is 0.239 e. The van der Waals surface area contributed by atoms with E-state index in [-0.39, 0.29) is 0 Å². The lowest BCUT2D eigenvalue weighted by Gasteiger charge is -2.23. The SMILES string of the molecule is CC(C)(C(=O)Nc1cccc(Cl)c1)C(=O)Nc1ccc(Cl)c(Cl)c1. The van der Waals surface area contributed by atoms with Crippen LogP contribution in [0.15, 0.2) is 42.5 Å². The molecule has 0 unspecified atom stereocenters. The highest BCUT2D eigenvalue weighted by Gasteiger charge is 2.36. The maximum absolute atomic E-state index is 12.5.